The highest BCUT2D eigenvalue weighted by molar-refractivity contribution is 7.89. The topological polar surface area (TPSA) is 81.2 Å². The number of nitrogens with zero attached hydrogens (tertiary/aromatic N) is 2. The highest BCUT2D eigenvalue weighted by atomic mass is 35.5. The van der Waals surface area contributed by atoms with Crippen molar-refractivity contribution in [1.29, 1.82) is 0 Å². The largest absolute Gasteiger partial charge is 0.377 e. The minimum Gasteiger partial charge on any atom is -0.377 e. The fraction of sp³-hybridized carbons (Fsp3) is 0.636. The van der Waals surface area contributed by atoms with E-state index in [4.69, 9.17) is 16.3 Å². The molecule has 0 aromatic carbocycles. The molecule has 0 radical (unpaired) electrons. The molecule has 2 rings (SSSR count). The quantitative estimate of drug-likeness (QED) is 0.634. The molecule has 0 aliphatic heterocycles. The lowest BCUT2D eigenvalue weighted by atomic mass is 10.3. The smallest absolute Gasteiger partial charge is 0.243 e. The third kappa shape index (κ3) is 4.38. The summed E-state index contributed by atoms with van der Waals surface area (Å²) in [5.41, 5.74) is 0. The van der Waals surface area contributed by atoms with Crippen molar-refractivity contribution in [3.8, 4) is 0 Å². The van der Waals surface area contributed by atoms with Gasteiger partial charge < -0.3 is 4.74 Å². The van der Waals surface area contributed by atoms with E-state index in [-0.39, 0.29) is 22.8 Å². The average Bonchev–Trinajstić information content (AvgIpc) is 2.88. The fourth-order valence-corrected chi connectivity index (χ4v) is 2.98. The molecule has 0 unspecified atom stereocenters. The van der Waals surface area contributed by atoms with Crippen LogP contribution in [0.3, 0.4) is 0 Å². The van der Waals surface area contributed by atoms with Gasteiger partial charge in [-0.2, -0.15) is 0 Å². The number of halogens is 1. The number of rotatable bonds is 6. The molecule has 1 N–H and O–H groups in total. The summed E-state index contributed by atoms with van der Waals surface area (Å²) >= 11 is 5.50. The van der Waals surface area contributed by atoms with Crippen LogP contribution in [0.2, 0.25) is 5.28 Å². The molecule has 19 heavy (non-hydrogen) atoms. The van der Waals surface area contributed by atoms with E-state index in [9.17, 15) is 8.42 Å². The predicted molar refractivity (Wildman–Crippen MR) is 70.4 cm³/mol. The van der Waals surface area contributed by atoms with Crippen molar-refractivity contribution < 1.29 is 13.2 Å². The van der Waals surface area contributed by atoms with Crippen LogP contribution in [-0.4, -0.2) is 37.6 Å². The van der Waals surface area contributed by atoms with Gasteiger partial charge in [0.25, 0.3) is 0 Å². The van der Waals surface area contributed by atoms with E-state index in [2.05, 4.69) is 14.7 Å². The second-order valence-corrected chi connectivity index (χ2v) is 6.47. The van der Waals surface area contributed by atoms with Crippen LogP contribution in [0, 0.1) is 0 Å². The van der Waals surface area contributed by atoms with Gasteiger partial charge in [-0.05, 0) is 24.4 Å². The van der Waals surface area contributed by atoms with Crippen LogP contribution in [-0.2, 0) is 14.8 Å². The zero-order chi connectivity index (χ0) is 13.7. The SMILES string of the molecule is O=S(=O)(NCCOC1CCCC1)c1cnc(Cl)nc1. The summed E-state index contributed by atoms with van der Waals surface area (Å²) in [6, 6.07) is 0. The Labute approximate surface area is 117 Å². The summed E-state index contributed by atoms with van der Waals surface area (Å²) in [5.74, 6) is 0. The van der Waals surface area contributed by atoms with Crippen LogP contribution in [0.5, 0.6) is 0 Å². The molecular formula is C11H16ClN3O3S. The minimum absolute atomic E-state index is 0.00207. The first kappa shape index (κ1) is 14.6. The van der Waals surface area contributed by atoms with Crippen molar-refractivity contribution in [3.05, 3.63) is 17.7 Å². The molecule has 0 saturated heterocycles. The molecule has 0 amide bonds. The Kier molecular flexibility index (Phi) is 5.09. The number of nitrogens with one attached hydrogen (secondary N) is 1. The van der Waals surface area contributed by atoms with Gasteiger partial charge in [0, 0.05) is 6.54 Å². The lowest BCUT2D eigenvalue weighted by Crippen LogP contribution is -2.28. The molecule has 1 heterocycles. The van der Waals surface area contributed by atoms with Crippen molar-refractivity contribution in [3.63, 3.8) is 0 Å². The van der Waals surface area contributed by atoms with Crippen molar-refractivity contribution >= 4 is 21.6 Å². The molecule has 1 saturated carbocycles. The van der Waals surface area contributed by atoms with Crippen LogP contribution < -0.4 is 4.72 Å². The van der Waals surface area contributed by atoms with Gasteiger partial charge in [0.15, 0.2) is 0 Å². The summed E-state index contributed by atoms with van der Waals surface area (Å²) in [6.07, 6.45) is 7.15. The van der Waals surface area contributed by atoms with Crippen LogP contribution >= 0.6 is 11.6 Å². The van der Waals surface area contributed by atoms with E-state index >= 15 is 0 Å². The molecule has 1 aromatic rings. The van der Waals surface area contributed by atoms with Gasteiger partial charge in [-0.3, -0.25) is 0 Å². The Morgan fingerprint density at radius 3 is 2.58 bits per heavy atom. The molecule has 1 aromatic heterocycles. The maximum absolute atomic E-state index is 11.8. The summed E-state index contributed by atoms with van der Waals surface area (Å²) in [6.45, 7) is 0.611. The van der Waals surface area contributed by atoms with Gasteiger partial charge in [-0.25, -0.2) is 23.1 Å². The number of sulfonamides is 1. The van der Waals surface area contributed by atoms with Crippen LogP contribution in [0.25, 0.3) is 0 Å². The van der Waals surface area contributed by atoms with Crippen LogP contribution in [0.4, 0.5) is 0 Å². The Bertz CT molecular complexity index is 500. The Hall–Kier alpha value is -0.760. The van der Waals surface area contributed by atoms with Gasteiger partial charge in [0.1, 0.15) is 4.90 Å². The average molecular weight is 306 g/mol. The maximum atomic E-state index is 11.8. The third-order valence-corrected chi connectivity index (χ3v) is 4.57. The molecular weight excluding hydrogens is 290 g/mol. The summed E-state index contributed by atoms with van der Waals surface area (Å²) in [5, 5.41) is 0.0171. The van der Waals surface area contributed by atoms with E-state index in [1.165, 1.54) is 25.2 Å². The van der Waals surface area contributed by atoms with Crippen molar-refractivity contribution in [1.82, 2.24) is 14.7 Å². The van der Waals surface area contributed by atoms with Crippen molar-refractivity contribution in [2.45, 2.75) is 36.7 Å². The van der Waals surface area contributed by atoms with E-state index in [0.29, 0.717) is 6.61 Å². The lowest BCUT2D eigenvalue weighted by molar-refractivity contribution is 0.0626. The predicted octanol–water partition coefficient (Wildman–Crippen LogP) is 1.37. The summed E-state index contributed by atoms with van der Waals surface area (Å²) in [4.78, 5) is 7.28. The summed E-state index contributed by atoms with van der Waals surface area (Å²) < 4.78 is 31.7. The van der Waals surface area contributed by atoms with Gasteiger partial charge >= 0.3 is 0 Å². The first-order valence-electron chi connectivity index (χ1n) is 6.17. The first-order chi connectivity index (χ1) is 9.08. The zero-order valence-electron chi connectivity index (χ0n) is 10.4. The van der Waals surface area contributed by atoms with E-state index in [1.807, 2.05) is 0 Å². The number of hydrogen-bond donors (Lipinski definition) is 1. The lowest BCUT2D eigenvalue weighted by Gasteiger charge is -2.11. The monoisotopic (exact) mass is 305 g/mol. The molecule has 8 heteroatoms. The van der Waals surface area contributed by atoms with Gasteiger partial charge in [0.2, 0.25) is 15.3 Å². The van der Waals surface area contributed by atoms with Gasteiger partial charge in [-0.1, -0.05) is 12.8 Å². The Morgan fingerprint density at radius 1 is 1.32 bits per heavy atom. The number of ether oxygens (including phenoxy) is 1. The highest BCUT2D eigenvalue weighted by Gasteiger charge is 2.17. The Morgan fingerprint density at radius 2 is 1.95 bits per heavy atom. The van der Waals surface area contributed by atoms with E-state index < -0.39 is 10.0 Å². The van der Waals surface area contributed by atoms with Gasteiger partial charge in [-0.15, -0.1) is 0 Å². The molecule has 0 spiro atoms. The molecule has 1 aliphatic carbocycles. The van der Waals surface area contributed by atoms with Crippen molar-refractivity contribution in [2.75, 3.05) is 13.2 Å². The second kappa shape index (κ2) is 6.60. The van der Waals surface area contributed by atoms with Crippen LogP contribution in [0.1, 0.15) is 25.7 Å². The van der Waals surface area contributed by atoms with Crippen LogP contribution in [0.15, 0.2) is 17.3 Å². The second-order valence-electron chi connectivity index (χ2n) is 4.36. The molecule has 1 fully saturated rings. The molecule has 106 valence electrons. The van der Waals surface area contributed by atoms with Gasteiger partial charge in [0.05, 0.1) is 25.1 Å². The first-order valence-corrected chi connectivity index (χ1v) is 8.03. The molecule has 6 nitrogen and oxygen atoms in total. The van der Waals surface area contributed by atoms with E-state index in [0.717, 1.165) is 12.8 Å². The fourth-order valence-electron chi connectivity index (χ4n) is 1.98. The van der Waals surface area contributed by atoms with Crippen molar-refractivity contribution in [2.24, 2.45) is 0 Å². The third-order valence-electron chi connectivity index (χ3n) is 2.96. The summed E-state index contributed by atoms with van der Waals surface area (Å²) in [7, 11) is -3.59. The highest BCUT2D eigenvalue weighted by Crippen LogP contribution is 2.20. The standard InChI is InChI=1S/C11H16ClN3O3S/c12-11-13-7-10(8-14-11)19(16,17)15-5-6-18-9-3-1-2-4-9/h7-9,15H,1-6H2. The molecule has 0 atom stereocenters. The molecule has 0 bridgehead atoms. The minimum atomic E-state index is -3.59. The number of hydrogen-bond acceptors (Lipinski definition) is 5. The normalized spacial score (nSPS) is 16.9. The maximum Gasteiger partial charge on any atom is 0.243 e. The zero-order valence-corrected chi connectivity index (χ0v) is 12.0. The Balaban J connectivity index is 1.79. The molecule has 1 aliphatic rings. The van der Waals surface area contributed by atoms with E-state index in [1.54, 1.807) is 0 Å². The number of aromatic nitrogens is 2.